The minimum Gasteiger partial charge on any atom is -0.135 e. The van der Waals surface area contributed by atoms with E-state index in [0.29, 0.717) is 0 Å². The molecular formula is C17H18S. The van der Waals surface area contributed by atoms with E-state index in [2.05, 4.69) is 57.2 Å². The van der Waals surface area contributed by atoms with E-state index in [1.165, 1.54) is 37.7 Å². The van der Waals surface area contributed by atoms with Crippen molar-refractivity contribution < 1.29 is 0 Å². The van der Waals surface area contributed by atoms with Crippen LogP contribution in [0.25, 0.3) is 20.2 Å². The summed E-state index contributed by atoms with van der Waals surface area (Å²) in [5, 5.41) is 2.82. The summed E-state index contributed by atoms with van der Waals surface area (Å²) in [5.41, 5.74) is 2.80. The molecule has 0 amide bonds. The van der Waals surface area contributed by atoms with Gasteiger partial charge in [0.2, 0.25) is 0 Å². The van der Waals surface area contributed by atoms with E-state index >= 15 is 0 Å². The first-order valence-electron chi connectivity index (χ1n) is 6.55. The molecule has 0 N–H and O–H groups in total. The van der Waals surface area contributed by atoms with Crippen molar-refractivity contribution in [1.29, 1.82) is 0 Å². The Balaban J connectivity index is 2.20. The Morgan fingerprint density at radius 3 is 2.56 bits per heavy atom. The highest BCUT2D eigenvalue weighted by Crippen LogP contribution is 2.35. The van der Waals surface area contributed by atoms with E-state index in [1.807, 2.05) is 11.3 Å². The fourth-order valence-corrected chi connectivity index (χ4v) is 3.68. The van der Waals surface area contributed by atoms with E-state index in [1.54, 1.807) is 0 Å². The predicted octanol–water partition coefficient (Wildman–Crippen LogP) is 5.56. The standard InChI is InChI=1S/C17H18S/c1-11(2)8-13-5-6-14-15-9-12(3)4-7-16(15)18-17(14)10-13/h4-7,9-11H,8H2,1-3H3. The lowest BCUT2D eigenvalue weighted by molar-refractivity contribution is 0.648. The fourth-order valence-electron chi connectivity index (χ4n) is 2.53. The second kappa shape index (κ2) is 4.40. The second-order valence-electron chi connectivity index (χ2n) is 5.53. The van der Waals surface area contributed by atoms with Gasteiger partial charge in [0, 0.05) is 20.2 Å². The van der Waals surface area contributed by atoms with Crippen molar-refractivity contribution in [2.24, 2.45) is 5.92 Å². The van der Waals surface area contributed by atoms with Crippen LogP contribution in [-0.4, -0.2) is 0 Å². The molecule has 1 heteroatoms. The molecular weight excluding hydrogens is 236 g/mol. The lowest BCUT2D eigenvalue weighted by atomic mass is 10.0. The van der Waals surface area contributed by atoms with Crippen molar-refractivity contribution >= 4 is 31.5 Å². The maximum absolute atomic E-state index is 2.37. The zero-order valence-corrected chi connectivity index (χ0v) is 12.0. The fraction of sp³-hybridized carbons (Fsp3) is 0.294. The van der Waals surface area contributed by atoms with E-state index in [4.69, 9.17) is 0 Å². The zero-order chi connectivity index (χ0) is 12.7. The average Bonchev–Trinajstić information content (AvgIpc) is 2.65. The first kappa shape index (κ1) is 11.7. The Hall–Kier alpha value is -1.34. The Kier molecular flexibility index (Phi) is 2.87. The number of aryl methyl sites for hydroxylation is 1. The lowest BCUT2D eigenvalue weighted by Crippen LogP contribution is -1.92. The van der Waals surface area contributed by atoms with Crippen LogP contribution < -0.4 is 0 Å². The van der Waals surface area contributed by atoms with Crippen molar-refractivity contribution in [2.45, 2.75) is 27.2 Å². The number of fused-ring (bicyclic) bond motifs is 3. The highest BCUT2D eigenvalue weighted by atomic mass is 32.1. The van der Waals surface area contributed by atoms with Crippen LogP contribution in [0.1, 0.15) is 25.0 Å². The van der Waals surface area contributed by atoms with Crippen LogP contribution in [0, 0.1) is 12.8 Å². The van der Waals surface area contributed by atoms with Crippen LogP contribution in [0.3, 0.4) is 0 Å². The van der Waals surface area contributed by atoms with Gasteiger partial charge in [-0.3, -0.25) is 0 Å². The molecule has 0 aliphatic heterocycles. The third-order valence-corrected chi connectivity index (χ3v) is 4.47. The molecule has 3 aromatic rings. The van der Waals surface area contributed by atoms with E-state index < -0.39 is 0 Å². The van der Waals surface area contributed by atoms with Crippen LogP contribution in [0.4, 0.5) is 0 Å². The van der Waals surface area contributed by atoms with Crippen LogP contribution in [0.5, 0.6) is 0 Å². The monoisotopic (exact) mass is 254 g/mol. The normalized spacial score (nSPS) is 11.8. The van der Waals surface area contributed by atoms with Crippen molar-refractivity contribution in [2.75, 3.05) is 0 Å². The maximum atomic E-state index is 2.37. The SMILES string of the molecule is Cc1ccc2sc3cc(CC(C)C)ccc3c2c1. The summed E-state index contributed by atoms with van der Waals surface area (Å²) < 4.78 is 2.83. The summed E-state index contributed by atoms with van der Waals surface area (Å²) >= 11 is 1.91. The van der Waals surface area contributed by atoms with Crippen molar-refractivity contribution in [3.05, 3.63) is 47.5 Å². The first-order chi connectivity index (χ1) is 8.63. The molecule has 0 fully saturated rings. The second-order valence-corrected chi connectivity index (χ2v) is 6.61. The molecule has 0 bridgehead atoms. The number of hydrogen-bond donors (Lipinski definition) is 0. The molecule has 0 atom stereocenters. The van der Waals surface area contributed by atoms with Gasteiger partial charge in [-0.15, -0.1) is 11.3 Å². The van der Waals surface area contributed by atoms with Gasteiger partial charge >= 0.3 is 0 Å². The topological polar surface area (TPSA) is 0 Å². The Morgan fingerprint density at radius 2 is 1.78 bits per heavy atom. The molecule has 0 saturated heterocycles. The largest absolute Gasteiger partial charge is 0.135 e. The van der Waals surface area contributed by atoms with Gasteiger partial charge in [0.15, 0.2) is 0 Å². The van der Waals surface area contributed by atoms with Gasteiger partial charge in [-0.05, 0) is 43.0 Å². The van der Waals surface area contributed by atoms with Gasteiger partial charge in [-0.25, -0.2) is 0 Å². The maximum Gasteiger partial charge on any atom is 0.0358 e. The van der Waals surface area contributed by atoms with E-state index in [-0.39, 0.29) is 0 Å². The minimum atomic E-state index is 0.721. The molecule has 0 unspecified atom stereocenters. The number of hydrogen-bond acceptors (Lipinski definition) is 1. The number of thiophene rings is 1. The van der Waals surface area contributed by atoms with Gasteiger partial charge in [-0.2, -0.15) is 0 Å². The molecule has 0 spiro atoms. The summed E-state index contributed by atoms with van der Waals surface area (Å²) in [5.74, 6) is 0.721. The van der Waals surface area contributed by atoms with Crippen molar-refractivity contribution in [3.8, 4) is 0 Å². The molecule has 0 aliphatic rings. The van der Waals surface area contributed by atoms with Crippen molar-refractivity contribution in [3.63, 3.8) is 0 Å². The summed E-state index contributed by atoms with van der Waals surface area (Å²) in [6, 6.07) is 13.7. The zero-order valence-electron chi connectivity index (χ0n) is 11.2. The predicted molar refractivity (Wildman–Crippen MR) is 82.6 cm³/mol. The summed E-state index contributed by atoms with van der Waals surface area (Å²) in [6.07, 6.45) is 1.17. The average molecular weight is 254 g/mol. The van der Waals surface area contributed by atoms with E-state index in [0.717, 1.165) is 5.92 Å². The van der Waals surface area contributed by atoms with Gasteiger partial charge in [-0.1, -0.05) is 37.6 Å². The Labute approximate surface area is 112 Å². The van der Waals surface area contributed by atoms with Crippen LogP contribution in [0.2, 0.25) is 0 Å². The molecule has 0 nitrogen and oxygen atoms in total. The quantitative estimate of drug-likeness (QED) is 0.561. The third kappa shape index (κ3) is 2.04. The van der Waals surface area contributed by atoms with Crippen molar-refractivity contribution in [1.82, 2.24) is 0 Å². The molecule has 0 radical (unpaired) electrons. The van der Waals surface area contributed by atoms with Crippen LogP contribution >= 0.6 is 11.3 Å². The summed E-state index contributed by atoms with van der Waals surface area (Å²) in [4.78, 5) is 0. The summed E-state index contributed by atoms with van der Waals surface area (Å²) in [7, 11) is 0. The molecule has 92 valence electrons. The molecule has 0 saturated carbocycles. The molecule has 1 heterocycles. The minimum absolute atomic E-state index is 0.721. The molecule has 1 aromatic heterocycles. The Bertz CT molecular complexity index is 704. The van der Waals surface area contributed by atoms with Gasteiger partial charge < -0.3 is 0 Å². The smallest absolute Gasteiger partial charge is 0.0358 e. The number of benzene rings is 2. The molecule has 3 rings (SSSR count). The van der Waals surface area contributed by atoms with Gasteiger partial charge in [0.25, 0.3) is 0 Å². The first-order valence-corrected chi connectivity index (χ1v) is 7.37. The van der Waals surface area contributed by atoms with E-state index in [9.17, 15) is 0 Å². The van der Waals surface area contributed by atoms with Crippen LogP contribution in [0.15, 0.2) is 36.4 Å². The Morgan fingerprint density at radius 1 is 0.944 bits per heavy atom. The van der Waals surface area contributed by atoms with Gasteiger partial charge in [0.1, 0.15) is 0 Å². The third-order valence-electron chi connectivity index (χ3n) is 3.34. The molecule has 0 aliphatic carbocycles. The highest BCUT2D eigenvalue weighted by molar-refractivity contribution is 7.25. The summed E-state index contributed by atoms with van der Waals surface area (Å²) in [6.45, 7) is 6.72. The van der Waals surface area contributed by atoms with Crippen LogP contribution in [-0.2, 0) is 6.42 Å². The lowest BCUT2D eigenvalue weighted by Gasteiger charge is -2.04. The van der Waals surface area contributed by atoms with Gasteiger partial charge in [0.05, 0.1) is 0 Å². The molecule has 18 heavy (non-hydrogen) atoms. The number of rotatable bonds is 2. The highest BCUT2D eigenvalue weighted by Gasteiger charge is 2.06. The molecule has 2 aromatic carbocycles.